The van der Waals surface area contributed by atoms with Crippen LogP contribution in [0.5, 0.6) is 0 Å². The average Bonchev–Trinajstić information content (AvgIpc) is 2.34. The van der Waals surface area contributed by atoms with E-state index in [9.17, 15) is 8.78 Å². The molecule has 7 heteroatoms. The van der Waals surface area contributed by atoms with Crippen molar-refractivity contribution in [2.24, 2.45) is 0 Å². The van der Waals surface area contributed by atoms with Crippen molar-refractivity contribution in [2.75, 3.05) is 5.32 Å². The molecule has 0 radical (unpaired) electrons. The predicted octanol–water partition coefficient (Wildman–Crippen LogP) is 5.21. The molecule has 0 aliphatic carbocycles. The molecular weight excluding hydrogens is 364 g/mol. The molecule has 0 aliphatic rings. The smallest absolute Gasteiger partial charge is 0.148 e. The Morgan fingerprint density at radius 1 is 1.10 bits per heavy atom. The molecule has 0 saturated heterocycles. The van der Waals surface area contributed by atoms with Gasteiger partial charge in [-0.2, -0.15) is 0 Å². The van der Waals surface area contributed by atoms with E-state index in [-0.39, 0.29) is 20.7 Å². The van der Waals surface area contributed by atoms with E-state index >= 15 is 0 Å². The van der Waals surface area contributed by atoms with Gasteiger partial charge in [0, 0.05) is 17.5 Å². The van der Waals surface area contributed by atoms with E-state index < -0.39 is 11.6 Å². The molecule has 1 aromatic heterocycles. The first-order valence-electron chi connectivity index (χ1n) is 6.13. The van der Waals surface area contributed by atoms with Crippen molar-refractivity contribution in [1.29, 1.82) is 0 Å². The van der Waals surface area contributed by atoms with Gasteiger partial charge in [0.1, 0.15) is 28.4 Å². The van der Waals surface area contributed by atoms with Crippen LogP contribution in [0.25, 0.3) is 0 Å². The molecule has 3 nitrogen and oxygen atoms in total. The lowest BCUT2D eigenvalue weighted by atomic mass is 9.96. The highest BCUT2D eigenvalue weighted by Crippen LogP contribution is 2.27. The zero-order valence-electron chi connectivity index (χ0n) is 11.6. The first-order chi connectivity index (χ1) is 9.66. The van der Waals surface area contributed by atoms with Gasteiger partial charge in [-0.05, 0) is 22.0 Å². The number of nitrogens with zero attached hydrogens (tertiary/aromatic N) is 2. The highest BCUT2D eigenvalue weighted by Gasteiger charge is 2.19. The van der Waals surface area contributed by atoms with Gasteiger partial charge in [0.25, 0.3) is 0 Å². The Balaban J connectivity index is 2.40. The fraction of sp³-hybridized carbons (Fsp3) is 0.286. The van der Waals surface area contributed by atoms with Gasteiger partial charge in [0.15, 0.2) is 0 Å². The van der Waals surface area contributed by atoms with E-state index in [4.69, 9.17) is 11.6 Å². The van der Waals surface area contributed by atoms with E-state index in [1.807, 2.05) is 20.8 Å². The number of anilines is 2. The number of rotatable bonds is 2. The molecule has 0 fully saturated rings. The summed E-state index contributed by atoms with van der Waals surface area (Å²) < 4.78 is 27.4. The van der Waals surface area contributed by atoms with Crippen LogP contribution in [0, 0.1) is 11.6 Å². The summed E-state index contributed by atoms with van der Waals surface area (Å²) in [5, 5.41) is 2.95. The molecule has 1 N–H and O–H groups in total. The van der Waals surface area contributed by atoms with Crippen molar-refractivity contribution in [1.82, 2.24) is 9.97 Å². The number of hydrogen-bond acceptors (Lipinski definition) is 3. The summed E-state index contributed by atoms with van der Waals surface area (Å²) in [5.74, 6) is -0.360. The second kappa shape index (κ2) is 5.85. The van der Waals surface area contributed by atoms with Gasteiger partial charge < -0.3 is 5.32 Å². The number of halogens is 4. The fourth-order valence-corrected chi connectivity index (χ4v) is 2.07. The summed E-state index contributed by atoms with van der Waals surface area (Å²) in [6, 6.07) is 3.55. The van der Waals surface area contributed by atoms with E-state index in [0.717, 1.165) is 12.1 Å². The van der Waals surface area contributed by atoms with Gasteiger partial charge >= 0.3 is 0 Å². The van der Waals surface area contributed by atoms with Crippen molar-refractivity contribution >= 4 is 39.0 Å². The molecule has 0 amide bonds. The summed E-state index contributed by atoms with van der Waals surface area (Å²) in [7, 11) is 0. The quantitative estimate of drug-likeness (QED) is 0.577. The van der Waals surface area contributed by atoms with Crippen LogP contribution in [0.2, 0.25) is 5.15 Å². The lowest BCUT2D eigenvalue weighted by Gasteiger charge is -2.18. The summed E-state index contributed by atoms with van der Waals surface area (Å²) in [5.41, 5.74) is -0.337. The highest BCUT2D eigenvalue weighted by atomic mass is 79.9. The van der Waals surface area contributed by atoms with Gasteiger partial charge in [-0.25, -0.2) is 18.7 Å². The molecule has 0 atom stereocenters. The highest BCUT2D eigenvalue weighted by molar-refractivity contribution is 9.10. The molecule has 2 aromatic rings. The first kappa shape index (κ1) is 16.1. The number of hydrogen-bond donors (Lipinski definition) is 1. The standard InChI is InChI=1S/C14H13BrClF2N3/c1-14(2,3)13-20-11(16)6-12(21-13)19-10-5-8(17)7(15)4-9(10)18/h4-6H,1-3H3,(H,19,20,21). The molecule has 112 valence electrons. The van der Waals surface area contributed by atoms with Crippen LogP contribution in [-0.2, 0) is 5.41 Å². The molecule has 1 aromatic carbocycles. The lowest BCUT2D eigenvalue weighted by Crippen LogP contribution is -2.17. The van der Waals surface area contributed by atoms with E-state index in [2.05, 4.69) is 31.2 Å². The van der Waals surface area contributed by atoms with Crippen LogP contribution < -0.4 is 5.32 Å². The summed E-state index contributed by atoms with van der Waals surface area (Å²) in [4.78, 5) is 8.43. The van der Waals surface area contributed by atoms with Crippen molar-refractivity contribution in [3.63, 3.8) is 0 Å². The Kier molecular flexibility index (Phi) is 4.49. The number of nitrogens with one attached hydrogen (secondary N) is 1. The Morgan fingerprint density at radius 3 is 2.38 bits per heavy atom. The van der Waals surface area contributed by atoms with Crippen molar-refractivity contribution in [3.8, 4) is 0 Å². The molecule has 21 heavy (non-hydrogen) atoms. The fourth-order valence-electron chi connectivity index (χ4n) is 1.57. The SMILES string of the molecule is CC(C)(C)c1nc(Cl)cc(Nc2cc(F)c(Br)cc2F)n1. The average molecular weight is 377 g/mol. The Hall–Kier alpha value is -1.27. The Labute approximate surface area is 134 Å². The lowest BCUT2D eigenvalue weighted by molar-refractivity contribution is 0.546. The maximum atomic E-state index is 13.8. The minimum atomic E-state index is -0.602. The third-order valence-electron chi connectivity index (χ3n) is 2.64. The number of benzene rings is 1. The van der Waals surface area contributed by atoms with Gasteiger partial charge in [-0.15, -0.1) is 0 Å². The van der Waals surface area contributed by atoms with Gasteiger partial charge in [-0.1, -0.05) is 32.4 Å². The second-order valence-electron chi connectivity index (χ2n) is 5.52. The second-order valence-corrected chi connectivity index (χ2v) is 6.76. The maximum Gasteiger partial charge on any atom is 0.148 e. The van der Waals surface area contributed by atoms with Crippen LogP contribution in [0.3, 0.4) is 0 Å². The molecule has 0 saturated carbocycles. The molecule has 1 heterocycles. The van der Waals surface area contributed by atoms with Crippen LogP contribution >= 0.6 is 27.5 Å². The summed E-state index contributed by atoms with van der Waals surface area (Å²) >= 11 is 8.88. The summed E-state index contributed by atoms with van der Waals surface area (Å²) in [6.45, 7) is 5.80. The van der Waals surface area contributed by atoms with Crippen LogP contribution in [-0.4, -0.2) is 9.97 Å². The topological polar surface area (TPSA) is 37.8 Å². The van der Waals surface area contributed by atoms with E-state index in [0.29, 0.717) is 11.6 Å². The van der Waals surface area contributed by atoms with Crippen LogP contribution in [0.15, 0.2) is 22.7 Å². The minimum absolute atomic E-state index is 0.0228. The first-order valence-corrected chi connectivity index (χ1v) is 7.30. The molecule has 0 unspecified atom stereocenters. The zero-order valence-corrected chi connectivity index (χ0v) is 14.0. The third kappa shape index (κ3) is 3.89. The van der Waals surface area contributed by atoms with Crippen molar-refractivity contribution in [2.45, 2.75) is 26.2 Å². The molecule has 0 aliphatic heterocycles. The predicted molar refractivity (Wildman–Crippen MR) is 83.1 cm³/mol. The van der Waals surface area contributed by atoms with Crippen LogP contribution in [0.4, 0.5) is 20.3 Å². The number of aromatic nitrogens is 2. The maximum absolute atomic E-state index is 13.8. The van der Waals surface area contributed by atoms with Gasteiger partial charge in [-0.3, -0.25) is 0 Å². The minimum Gasteiger partial charge on any atom is -0.338 e. The monoisotopic (exact) mass is 375 g/mol. The molecule has 2 rings (SSSR count). The van der Waals surface area contributed by atoms with E-state index in [1.54, 1.807) is 0 Å². The van der Waals surface area contributed by atoms with Crippen molar-refractivity contribution in [3.05, 3.63) is 45.3 Å². The third-order valence-corrected chi connectivity index (χ3v) is 3.44. The van der Waals surface area contributed by atoms with E-state index in [1.165, 1.54) is 6.07 Å². The summed E-state index contributed by atoms with van der Waals surface area (Å²) in [6.07, 6.45) is 0. The Morgan fingerprint density at radius 2 is 1.76 bits per heavy atom. The van der Waals surface area contributed by atoms with Crippen LogP contribution in [0.1, 0.15) is 26.6 Å². The van der Waals surface area contributed by atoms with Gasteiger partial charge in [0.05, 0.1) is 10.2 Å². The normalized spacial score (nSPS) is 11.6. The zero-order chi connectivity index (χ0) is 15.8. The largest absolute Gasteiger partial charge is 0.338 e. The Bertz CT molecular complexity index is 687. The molecule has 0 spiro atoms. The molecule has 0 bridgehead atoms. The van der Waals surface area contributed by atoms with Crippen molar-refractivity contribution < 1.29 is 8.78 Å². The van der Waals surface area contributed by atoms with Gasteiger partial charge in [0.2, 0.25) is 0 Å². The molecular formula is C14H13BrClF2N3.